The predicted molar refractivity (Wildman–Crippen MR) is 79.0 cm³/mol. The van der Waals surface area contributed by atoms with E-state index < -0.39 is 0 Å². The summed E-state index contributed by atoms with van der Waals surface area (Å²) in [5, 5.41) is 7.22. The highest BCUT2D eigenvalue weighted by Gasteiger charge is 2.08. The Bertz CT molecular complexity index is 655. The normalized spacial score (nSPS) is 10.6. The Labute approximate surface area is 122 Å². The maximum Gasteiger partial charge on any atom is 0.287 e. The minimum Gasteiger partial charge on any atom is -0.380 e. The van der Waals surface area contributed by atoms with Crippen LogP contribution in [0.25, 0.3) is 0 Å². The van der Waals surface area contributed by atoms with Crippen LogP contribution in [-0.4, -0.2) is 16.9 Å². The molecule has 0 aliphatic heterocycles. The minimum absolute atomic E-state index is 0.145. The molecule has 0 spiro atoms. The molecule has 1 aromatic carbocycles. The van der Waals surface area contributed by atoms with E-state index in [-0.39, 0.29) is 10.6 Å². The van der Waals surface area contributed by atoms with Gasteiger partial charge < -0.3 is 10.1 Å². The Morgan fingerprint density at radius 2 is 2.05 bits per heavy atom. The van der Waals surface area contributed by atoms with Gasteiger partial charge in [-0.1, -0.05) is 35.9 Å². The van der Waals surface area contributed by atoms with Crippen LogP contribution in [0.2, 0.25) is 5.02 Å². The maximum atomic E-state index is 11.7. The lowest BCUT2D eigenvalue weighted by Crippen LogP contribution is -2.21. The van der Waals surface area contributed by atoms with Crippen molar-refractivity contribution >= 4 is 17.3 Å². The molecule has 1 heterocycles. The number of benzene rings is 1. The molecule has 1 N–H and O–H groups in total. The van der Waals surface area contributed by atoms with Crippen LogP contribution < -0.4 is 10.9 Å². The molecule has 0 aliphatic rings. The summed E-state index contributed by atoms with van der Waals surface area (Å²) in [7, 11) is 3.22. The Balaban J connectivity index is 2.17. The zero-order valence-corrected chi connectivity index (χ0v) is 12.1. The van der Waals surface area contributed by atoms with Crippen molar-refractivity contribution in [1.29, 1.82) is 0 Å². The summed E-state index contributed by atoms with van der Waals surface area (Å²) in [5.41, 5.74) is 2.39. The number of hydrogen-bond acceptors (Lipinski definition) is 4. The number of anilines is 1. The number of nitrogens with zero attached hydrogens (tertiary/aromatic N) is 2. The zero-order chi connectivity index (χ0) is 14.5. The van der Waals surface area contributed by atoms with Gasteiger partial charge in [-0.25, -0.2) is 4.68 Å². The minimum atomic E-state index is -0.318. The number of aryl methyl sites for hydroxylation is 1. The van der Waals surface area contributed by atoms with E-state index in [2.05, 4.69) is 10.4 Å². The van der Waals surface area contributed by atoms with Crippen molar-refractivity contribution in [3.8, 4) is 0 Å². The maximum absolute atomic E-state index is 11.7. The van der Waals surface area contributed by atoms with Crippen LogP contribution in [0.5, 0.6) is 0 Å². The van der Waals surface area contributed by atoms with Gasteiger partial charge in [0, 0.05) is 20.7 Å². The van der Waals surface area contributed by atoms with E-state index in [9.17, 15) is 4.79 Å². The average molecular weight is 294 g/mol. The second kappa shape index (κ2) is 6.54. The summed E-state index contributed by atoms with van der Waals surface area (Å²) in [6, 6.07) is 7.93. The van der Waals surface area contributed by atoms with E-state index in [1.807, 2.05) is 24.3 Å². The van der Waals surface area contributed by atoms with E-state index in [0.29, 0.717) is 18.8 Å². The third-order valence-electron chi connectivity index (χ3n) is 2.97. The van der Waals surface area contributed by atoms with E-state index >= 15 is 0 Å². The smallest absolute Gasteiger partial charge is 0.287 e. The molecule has 0 saturated heterocycles. The van der Waals surface area contributed by atoms with Crippen LogP contribution in [0.15, 0.2) is 35.3 Å². The molecule has 0 radical (unpaired) electrons. The molecular formula is C14H16ClN3O2. The molecule has 6 heteroatoms. The SMILES string of the molecule is COCc1ccccc1CNc1cnn(C)c(=O)c1Cl. The molecule has 0 saturated carbocycles. The molecule has 0 amide bonds. The Hall–Kier alpha value is -1.85. The second-order valence-electron chi connectivity index (χ2n) is 4.36. The van der Waals surface area contributed by atoms with Crippen molar-refractivity contribution in [2.75, 3.05) is 12.4 Å². The number of halogens is 1. The lowest BCUT2D eigenvalue weighted by atomic mass is 10.1. The molecule has 0 bridgehead atoms. The lowest BCUT2D eigenvalue weighted by Gasteiger charge is -2.11. The molecule has 106 valence electrons. The van der Waals surface area contributed by atoms with E-state index in [4.69, 9.17) is 16.3 Å². The van der Waals surface area contributed by atoms with Crippen LogP contribution >= 0.6 is 11.6 Å². The standard InChI is InChI=1S/C14H16ClN3O2/c1-18-14(19)13(15)12(8-17-18)16-7-10-5-3-4-6-11(10)9-20-2/h3-6,8,16H,7,9H2,1-2H3. The van der Waals surface area contributed by atoms with Gasteiger partial charge in [0.2, 0.25) is 0 Å². The number of ether oxygens (including phenoxy) is 1. The number of methoxy groups -OCH3 is 1. The largest absolute Gasteiger partial charge is 0.380 e. The summed E-state index contributed by atoms with van der Waals surface area (Å²) in [5.74, 6) is 0. The Kier molecular flexibility index (Phi) is 4.76. The van der Waals surface area contributed by atoms with Crippen LogP contribution in [0, 0.1) is 0 Å². The number of nitrogens with one attached hydrogen (secondary N) is 1. The first-order valence-electron chi connectivity index (χ1n) is 6.15. The fraction of sp³-hybridized carbons (Fsp3) is 0.286. The topological polar surface area (TPSA) is 56.1 Å². The highest BCUT2D eigenvalue weighted by atomic mass is 35.5. The van der Waals surface area contributed by atoms with Gasteiger partial charge in [-0.15, -0.1) is 0 Å². The predicted octanol–water partition coefficient (Wildman–Crippen LogP) is 2.19. The summed E-state index contributed by atoms with van der Waals surface area (Å²) in [6.07, 6.45) is 1.54. The van der Waals surface area contributed by atoms with Gasteiger partial charge in [0.05, 0.1) is 18.5 Å². The molecule has 1 aromatic heterocycles. The van der Waals surface area contributed by atoms with Crippen LogP contribution in [0.3, 0.4) is 0 Å². The number of aromatic nitrogens is 2. The van der Waals surface area contributed by atoms with Crippen LogP contribution in [0.1, 0.15) is 11.1 Å². The summed E-state index contributed by atoms with van der Waals surface area (Å²) >= 11 is 6.01. The molecule has 0 atom stereocenters. The van der Waals surface area contributed by atoms with Crippen LogP contribution in [-0.2, 0) is 24.9 Å². The average Bonchev–Trinajstić information content (AvgIpc) is 2.46. The van der Waals surface area contributed by atoms with Gasteiger partial charge in [-0.05, 0) is 11.1 Å². The second-order valence-corrected chi connectivity index (χ2v) is 4.73. The molecular weight excluding hydrogens is 278 g/mol. The quantitative estimate of drug-likeness (QED) is 0.918. The van der Waals surface area contributed by atoms with Crippen molar-refractivity contribution < 1.29 is 4.74 Å². The molecule has 5 nitrogen and oxygen atoms in total. The number of hydrogen-bond donors (Lipinski definition) is 1. The van der Waals surface area contributed by atoms with Gasteiger partial charge in [-0.2, -0.15) is 5.10 Å². The summed E-state index contributed by atoms with van der Waals surface area (Å²) < 4.78 is 6.36. The third-order valence-corrected chi connectivity index (χ3v) is 3.33. The molecule has 2 rings (SSSR count). The van der Waals surface area contributed by atoms with Crippen LogP contribution in [0.4, 0.5) is 5.69 Å². The first kappa shape index (κ1) is 14.6. The van der Waals surface area contributed by atoms with E-state index in [1.54, 1.807) is 20.4 Å². The van der Waals surface area contributed by atoms with Crippen molar-refractivity contribution in [1.82, 2.24) is 9.78 Å². The van der Waals surface area contributed by atoms with Crippen molar-refractivity contribution in [3.05, 3.63) is 57.0 Å². The lowest BCUT2D eigenvalue weighted by molar-refractivity contribution is 0.184. The number of rotatable bonds is 5. The Morgan fingerprint density at radius 3 is 2.75 bits per heavy atom. The van der Waals surface area contributed by atoms with Gasteiger partial charge in [0.15, 0.2) is 0 Å². The summed E-state index contributed by atoms with van der Waals surface area (Å²) in [6.45, 7) is 1.09. The van der Waals surface area contributed by atoms with Crippen molar-refractivity contribution in [2.45, 2.75) is 13.2 Å². The molecule has 0 fully saturated rings. The van der Waals surface area contributed by atoms with Gasteiger partial charge in [0.25, 0.3) is 5.56 Å². The highest BCUT2D eigenvalue weighted by Crippen LogP contribution is 2.17. The molecule has 0 aliphatic carbocycles. The highest BCUT2D eigenvalue weighted by molar-refractivity contribution is 6.32. The fourth-order valence-corrected chi connectivity index (χ4v) is 2.09. The monoisotopic (exact) mass is 293 g/mol. The van der Waals surface area contributed by atoms with Gasteiger partial charge in [-0.3, -0.25) is 4.79 Å². The third kappa shape index (κ3) is 3.18. The van der Waals surface area contributed by atoms with Crippen molar-refractivity contribution in [2.24, 2.45) is 7.05 Å². The van der Waals surface area contributed by atoms with Gasteiger partial charge in [0.1, 0.15) is 5.02 Å². The van der Waals surface area contributed by atoms with Gasteiger partial charge >= 0.3 is 0 Å². The molecule has 0 unspecified atom stereocenters. The fourth-order valence-electron chi connectivity index (χ4n) is 1.85. The summed E-state index contributed by atoms with van der Waals surface area (Å²) in [4.78, 5) is 11.7. The first-order valence-corrected chi connectivity index (χ1v) is 6.52. The zero-order valence-electron chi connectivity index (χ0n) is 11.4. The first-order chi connectivity index (χ1) is 9.63. The van der Waals surface area contributed by atoms with E-state index in [0.717, 1.165) is 11.1 Å². The molecule has 2 aromatic rings. The Morgan fingerprint density at radius 1 is 1.35 bits per heavy atom. The van der Waals surface area contributed by atoms with E-state index in [1.165, 1.54) is 4.68 Å². The van der Waals surface area contributed by atoms with Crippen molar-refractivity contribution in [3.63, 3.8) is 0 Å². The molecule has 20 heavy (non-hydrogen) atoms.